The number of carboxylic acid groups (broad SMARTS) is 2. The Kier molecular flexibility index (Phi) is 3.61. The Balaban J connectivity index is 2.53. The van der Waals surface area contributed by atoms with Gasteiger partial charge in [0.2, 0.25) is 0 Å². The van der Waals surface area contributed by atoms with Crippen LogP contribution in [-0.2, 0) is 0 Å². The average molecular weight is 270 g/mol. The van der Waals surface area contributed by atoms with Gasteiger partial charge in [0, 0.05) is 11.1 Å². The van der Waals surface area contributed by atoms with Gasteiger partial charge in [0.05, 0.1) is 11.1 Å². The molecule has 0 amide bonds. The Morgan fingerprint density at radius 3 is 1.55 bits per heavy atom. The van der Waals surface area contributed by atoms with E-state index in [1.54, 1.807) is 30.3 Å². The summed E-state index contributed by atoms with van der Waals surface area (Å²) in [7, 11) is 0. The predicted molar refractivity (Wildman–Crippen MR) is 70.2 cm³/mol. The van der Waals surface area contributed by atoms with E-state index in [1.165, 1.54) is 12.1 Å². The zero-order valence-electron chi connectivity index (χ0n) is 10.2. The summed E-state index contributed by atoms with van der Waals surface area (Å²) < 4.78 is 0. The first kappa shape index (κ1) is 13.5. The summed E-state index contributed by atoms with van der Waals surface area (Å²) in [5, 5.41) is 17.9. The van der Waals surface area contributed by atoms with Crippen LogP contribution < -0.4 is 0 Å². The number of hydrogen-bond acceptors (Lipinski definition) is 3. The second-order valence-corrected chi connectivity index (χ2v) is 4.10. The molecule has 0 saturated carbocycles. The van der Waals surface area contributed by atoms with E-state index in [2.05, 4.69) is 0 Å². The molecule has 0 heterocycles. The lowest BCUT2D eigenvalue weighted by Crippen LogP contribution is -2.08. The van der Waals surface area contributed by atoms with Gasteiger partial charge in [-0.25, -0.2) is 9.59 Å². The standard InChI is InChI=1S/C15H10O5/c16-13(9-4-2-1-3-5-9)10-6-11(14(17)18)8-12(7-10)15(19)20/h1-8H,(H,17,18)(H,19,20). The van der Waals surface area contributed by atoms with Gasteiger partial charge in [-0.15, -0.1) is 0 Å². The van der Waals surface area contributed by atoms with Crippen LogP contribution in [0.1, 0.15) is 36.6 Å². The number of carbonyl (C=O) groups is 3. The van der Waals surface area contributed by atoms with Gasteiger partial charge in [0.15, 0.2) is 5.78 Å². The van der Waals surface area contributed by atoms with Gasteiger partial charge in [-0.05, 0) is 18.2 Å². The van der Waals surface area contributed by atoms with E-state index in [0.29, 0.717) is 5.56 Å². The van der Waals surface area contributed by atoms with E-state index in [4.69, 9.17) is 10.2 Å². The summed E-state index contributed by atoms with van der Waals surface area (Å²) in [5.41, 5.74) is -0.0618. The number of carboxylic acids is 2. The van der Waals surface area contributed by atoms with Crippen molar-refractivity contribution in [1.82, 2.24) is 0 Å². The van der Waals surface area contributed by atoms with E-state index in [9.17, 15) is 14.4 Å². The fourth-order valence-electron chi connectivity index (χ4n) is 1.76. The SMILES string of the molecule is O=C(O)c1cc(C(=O)O)cc(C(=O)c2ccccc2)c1. The van der Waals surface area contributed by atoms with E-state index >= 15 is 0 Å². The van der Waals surface area contributed by atoms with Crippen LogP contribution in [0.4, 0.5) is 0 Å². The monoisotopic (exact) mass is 270 g/mol. The Labute approximate surface area is 114 Å². The van der Waals surface area contributed by atoms with Crippen molar-refractivity contribution in [3.05, 3.63) is 70.8 Å². The highest BCUT2D eigenvalue weighted by molar-refractivity contribution is 6.11. The van der Waals surface area contributed by atoms with Gasteiger partial charge < -0.3 is 10.2 Å². The topological polar surface area (TPSA) is 91.7 Å². The highest BCUT2D eigenvalue weighted by atomic mass is 16.4. The molecule has 2 rings (SSSR count). The molecular weight excluding hydrogens is 260 g/mol. The molecular formula is C15H10O5. The molecule has 100 valence electrons. The van der Waals surface area contributed by atoms with Crippen LogP contribution in [0.25, 0.3) is 0 Å². The zero-order chi connectivity index (χ0) is 14.7. The van der Waals surface area contributed by atoms with Crippen LogP contribution in [0.3, 0.4) is 0 Å². The third-order valence-corrected chi connectivity index (χ3v) is 2.73. The molecule has 0 saturated heterocycles. The largest absolute Gasteiger partial charge is 0.478 e. The fourth-order valence-corrected chi connectivity index (χ4v) is 1.76. The maximum atomic E-state index is 12.2. The normalized spacial score (nSPS) is 10.0. The van der Waals surface area contributed by atoms with E-state index in [-0.39, 0.29) is 16.7 Å². The zero-order valence-corrected chi connectivity index (χ0v) is 10.2. The predicted octanol–water partition coefficient (Wildman–Crippen LogP) is 2.31. The molecule has 0 unspecified atom stereocenters. The van der Waals surface area contributed by atoms with E-state index < -0.39 is 17.7 Å². The number of hydrogen-bond donors (Lipinski definition) is 2. The minimum Gasteiger partial charge on any atom is -0.478 e. The number of rotatable bonds is 4. The van der Waals surface area contributed by atoms with Gasteiger partial charge in [-0.1, -0.05) is 30.3 Å². The molecule has 2 aromatic rings. The second-order valence-electron chi connectivity index (χ2n) is 4.10. The Morgan fingerprint density at radius 1 is 0.650 bits per heavy atom. The molecule has 0 radical (unpaired) electrons. The number of ketones is 1. The third-order valence-electron chi connectivity index (χ3n) is 2.73. The highest BCUT2D eigenvalue weighted by Gasteiger charge is 2.16. The quantitative estimate of drug-likeness (QED) is 0.832. The van der Waals surface area contributed by atoms with Crippen molar-refractivity contribution in [1.29, 1.82) is 0 Å². The lowest BCUT2D eigenvalue weighted by molar-refractivity contribution is 0.0696. The molecule has 2 N–H and O–H groups in total. The number of carbonyl (C=O) groups excluding carboxylic acids is 1. The molecule has 20 heavy (non-hydrogen) atoms. The molecule has 5 nitrogen and oxygen atoms in total. The molecule has 0 atom stereocenters. The summed E-state index contributed by atoms with van der Waals surface area (Å²) in [4.78, 5) is 34.2. The third kappa shape index (κ3) is 2.72. The van der Waals surface area contributed by atoms with Crippen LogP contribution in [0.2, 0.25) is 0 Å². The summed E-state index contributed by atoms with van der Waals surface area (Å²) >= 11 is 0. The van der Waals surface area contributed by atoms with Gasteiger partial charge in [0.1, 0.15) is 0 Å². The van der Waals surface area contributed by atoms with Crippen LogP contribution in [0.15, 0.2) is 48.5 Å². The van der Waals surface area contributed by atoms with Crippen LogP contribution >= 0.6 is 0 Å². The summed E-state index contributed by atoms with van der Waals surface area (Å²) in [6, 6.07) is 11.6. The Bertz CT molecular complexity index is 656. The van der Waals surface area contributed by atoms with Gasteiger partial charge >= 0.3 is 11.9 Å². The highest BCUT2D eigenvalue weighted by Crippen LogP contribution is 2.15. The van der Waals surface area contributed by atoms with Crippen molar-refractivity contribution in [2.75, 3.05) is 0 Å². The van der Waals surface area contributed by atoms with Crippen LogP contribution in [0, 0.1) is 0 Å². The van der Waals surface area contributed by atoms with Crippen molar-refractivity contribution in [2.45, 2.75) is 0 Å². The van der Waals surface area contributed by atoms with E-state index in [1.807, 2.05) is 0 Å². The first-order valence-electron chi connectivity index (χ1n) is 5.70. The van der Waals surface area contributed by atoms with Crippen molar-refractivity contribution in [3.63, 3.8) is 0 Å². The first-order valence-corrected chi connectivity index (χ1v) is 5.70. The summed E-state index contributed by atoms with van der Waals surface area (Å²) in [6.07, 6.45) is 0. The smallest absolute Gasteiger partial charge is 0.335 e. The first-order chi connectivity index (χ1) is 9.49. The maximum Gasteiger partial charge on any atom is 0.335 e. The van der Waals surface area contributed by atoms with Crippen molar-refractivity contribution < 1.29 is 24.6 Å². The Morgan fingerprint density at radius 2 is 1.10 bits per heavy atom. The Hall–Kier alpha value is -2.95. The molecule has 0 spiro atoms. The van der Waals surface area contributed by atoms with E-state index in [0.717, 1.165) is 6.07 Å². The van der Waals surface area contributed by atoms with Crippen molar-refractivity contribution in [3.8, 4) is 0 Å². The summed E-state index contributed by atoms with van der Waals surface area (Å²) in [6.45, 7) is 0. The van der Waals surface area contributed by atoms with Gasteiger partial charge in [0.25, 0.3) is 0 Å². The number of benzene rings is 2. The molecule has 2 aromatic carbocycles. The molecule has 0 bridgehead atoms. The fraction of sp³-hybridized carbons (Fsp3) is 0. The van der Waals surface area contributed by atoms with Crippen LogP contribution in [-0.4, -0.2) is 27.9 Å². The molecule has 0 aliphatic rings. The van der Waals surface area contributed by atoms with Gasteiger partial charge in [-0.3, -0.25) is 4.79 Å². The summed E-state index contributed by atoms with van der Waals surface area (Å²) in [5.74, 6) is -2.98. The lowest BCUT2D eigenvalue weighted by Gasteiger charge is -2.05. The lowest BCUT2D eigenvalue weighted by atomic mass is 9.98. The molecule has 0 aromatic heterocycles. The molecule has 0 aliphatic heterocycles. The maximum absolute atomic E-state index is 12.2. The van der Waals surface area contributed by atoms with Crippen molar-refractivity contribution in [2.24, 2.45) is 0 Å². The molecule has 0 aliphatic carbocycles. The molecule has 0 fully saturated rings. The average Bonchev–Trinajstić information content (AvgIpc) is 2.46. The van der Waals surface area contributed by atoms with Gasteiger partial charge in [-0.2, -0.15) is 0 Å². The van der Waals surface area contributed by atoms with Crippen LogP contribution in [0.5, 0.6) is 0 Å². The minimum atomic E-state index is -1.28. The number of aromatic carboxylic acids is 2. The molecule has 5 heteroatoms. The van der Waals surface area contributed by atoms with Crippen molar-refractivity contribution >= 4 is 17.7 Å². The minimum absolute atomic E-state index is 0.0356. The second kappa shape index (κ2) is 5.36.